The maximum Gasteiger partial charge on any atom is 0.257 e. The predicted molar refractivity (Wildman–Crippen MR) is 109 cm³/mol. The van der Waals surface area contributed by atoms with Gasteiger partial charge in [0.1, 0.15) is 0 Å². The Morgan fingerprint density at radius 3 is 2.71 bits per heavy atom. The average Bonchev–Trinajstić information content (AvgIpc) is 3.43. The van der Waals surface area contributed by atoms with Crippen LogP contribution in [0.1, 0.15) is 37.3 Å². The topological polar surface area (TPSA) is 46.6 Å². The average molecular weight is 391 g/mol. The molecule has 1 fully saturated rings. The van der Waals surface area contributed by atoms with Crippen LogP contribution in [0.3, 0.4) is 0 Å². The molecule has 0 spiro atoms. The van der Waals surface area contributed by atoms with Gasteiger partial charge in [0.15, 0.2) is 5.78 Å². The van der Waals surface area contributed by atoms with E-state index in [1.54, 1.807) is 22.5 Å². The smallest absolute Gasteiger partial charge is 0.257 e. The van der Waals surface area contributed by atoms with E-state index in [0.29, 0.717) is 12.0 Å². The number of Topliss-reactive ketones (excluding diaryl/α,β-unsaturated/α-hetero) is 1. The van der Waals surface area contributed by atoms with E-state index < -0.39 is 6.23 Å². The van der Waals surface area contributed by atoms with Gasteiger partial charge in [-0.1, -0.05) is 24.3 Å². The summed E-state index contributed by atoms with van der Waals surface area (Å²) < 4.78 is 6.12. The second kappa shape index (κ2) is 6.45. The highest BCUT2D eigenvalue weighted by atomic mass is 32.1. The van der Waals surface area contributed by atoms with Crippen LogP contribution in [0.4, 0.5) is 5.69 Å². The van der Waals surface area contributed by atoms with Crippen LogP contribution in [0.15, 0.2) is 64.1 Å². The first-order chi connectivity index (χ1) is 13.6. The third-order valence-corrected chi connectivity index (χ3v) is 7.02. The van der Waals surface area contributed by atoms with Gasteiger partial charge >= 0.3 is 0 Å². The van der Waals surface area contributed by atoms with Crippen molar-refractivity contribution in [2.75, 3.05) is 4.90 Å². The van der Waals surface area contributed by atoms with E-state index in [1.165, 1.54) is 11.1 Å². The normalized spacial score (nSPS) is 27.7. The lowest BCUT2D eigenvalue weighted by atomic mass is 9.95. The minimum atomic E-state index is -0.495. The predicted octanol–water partition coefficient (Wildman–Crippen LogP) is 4.59. The van der Waals surface area contributed by atoms with E-state index >= 15 is 0 Å². The van der Waals surface area contributed by atoms with E-state index in [1.807, 2.05) is 36.7 Å². The number of carbonyl (C=O) groups is 2. The monoisotopic (exact) mass is 391 g/mol. The molecule has 142 valence electrons. The van der Waals surface area contributed by atoms with Gasteiger partial charge in [-0.25, -0.2) is 0 Å². The fourth-order valence-electron chi connectivity index (χ4n) is 4.72. The third kappa shape index (κ3) is 2.49. The molecule has 4 nitrogen and oxygen atoms in total. The first kappa shape index (κ1) is 17.4. The van der Waals surface area contributed by atoms with Crippen molar-refractivity contribution < 1.29 is 14.3 Å². The molecule has 0 radical (unpaired) electrons. The molecular formula is C23H21NO3S. The van der Waals surface area contributed by atoms with Crippen LogP contribution in [-0.2, 0) is 20.7 Å². The molecule has 1 saturated carbocycles. The summed E-state index contributed by atoms with van der Waals surface area (Å²) >= 11 is 1.54. The lowest BCUT2D eigenvalue weighted by Gasteiger charge is -2.25. The summed E-state index contributed by atoms with van der Waals surface area (Å²) in [5, 5.41) is 3.89. The number of ketones is 1. The van der Waals surface area contributed by atoms with Gasteiger partial charge in [0.25, 0.3) is 5.91 Å². The van der Waals surface area contributed by atoms with E-state index in [2.05, 4.69) is 18.2 Å². The lowest BCUT2D eigenvalue weighted by Crippen LogP contribution is -2.36. The second-order valence-electron chi connectivity index (χ2n) is 7.77. The Morgan fingerprint density at radius 1 is 1.11 bits per heavy atom. The fourth-order valence-corrected chi connectivity index (χ4v) is 5.34. The van der Waals surface area contributed by atoms with Gasteiger partial charge in [0, 0.05) is 28.9 Å². The van der Waals surface area contributed by atoms with Crippen molar-refractivity contribution in [2.24, 2.45) is 5.92 Å². The summed E-state index contributed by atoms with van der Waals surface area (Å²) in [5.74, 6) is 0.564. The van der Waals surface area contributed by atoms with E-state index in [4.69, 9.17) is 4.74 Å². The number of allylic oxidation sites excluding steroid dienone is 1. The number of anilines is 1. The molecule has 5 rings (SSSR count). The molecule has 1 aromatic heterocycles. The molecule has 5 heteroatoms. The van der Waals surface area contributed by atoms with Crippen LogP contribution in [0.2, 0.25) is 0 Å². The summed E-state index contributed by atoms with van der Waals surface area (Å²) in [7, 11) is 0. The Balaban J connectivity index is 1.44. The Morgan fingerprint density at radius 2 is 1.93 bits per heavy atom. The van der Waals surface area contributed by atoms with E-state index in [0.717, 1.165) is 23.3 Å². The number of amides is 1. The molecule has 2 aliphatic carbocycles. The Bertz CT molecular complexity index is 1030. The van der Waals surface area contributed by atoms with Crippen molar-refractivity contribution in [1.82, 2.24) is 0 Å². The molecule has 0 N–H and O–H groups in total. The number of rotatable bonds is 3. The first-order valence-corrected chi connectivity index (χ1v) is 10.5. The highest BCUT2D eigenvalue weighted by Crippen LogP contribution is 2.49. The highest BCUT2D eigenvalue weighted by molar-refractivity contribution is 7.08. The van der Waals surface area contributed by atoms with Crippen molar-refractivity contribution in [3.8, 4) is 0 Å². The zero-order valence-electron chi connectivity index (χ0n) is 15.8. The van der Waals surface area contributed by atoms with Crippen molar-refractivity contribution in [3.05, 3.63) is 75.2 Å². The summed E-state index contributed by atoms with van der Waals surface area (Å²) in [6.45, 7) is 3.76. The van der Waals surface area contributed by atoms with Gasteiger partial charge < -0.3 is 4.74 Å². The molecule has 0 saturated heterocycles. The minimum Gasteiger partial charge on any atom is -0.473 e. The molecule has 3 unspecified atom stereocenters. The summed E-state index contributed by atoms with van der Waals surface area (Å²) in [6.07, 6.45) is 2.57. The number of benzene rings is 1. The number of carbonyl (C=O) groups excluding carboxylic acids is 2. The van der Waals surface area contributed by atoms with Crippen molar-refractivity contribution in [2.45, 2.75) is 38.8 Å². The molecule has 2 heterocycles. The fraction of sp³-hybridized carbons (Fsp3) is 0.304. The molecule has 3 atom stereocenters. The maximum atomic E-state index is 12.7. The molecule has 0 bridgehead atoms. The van der Waals surface area contributed by atoms with Crippen LogP contribution < -0.4 is 4.90 Å². The molecule has 2 aromatic rings. The molecule has 1 aliphatic heterocycles. The summed E-state index contributed by atoms with van der Waals surface area (Å²) in [5.41, 5.74) is 5.82. The SMILES string of the molecule is CC1=C(C)C(O/C=C2/C(=O)CC3c4ccccc4CC23)N(c2ccsc2)C1=O. The summed E-state index contributed by atoms with van der Waals surface area (Å²) in [4.78, 5) is 27.1. The minimum absolute atomic E-state index is 0.0387. The van der Waals surface area contributed by atoms with E-state index in [-0.39, 0.29) is 23.5 Å². The second-order valence-corrected chi connectivity index (χ2v) is 8.55. The van der Waals surface area contributed by atoms with Crippen LogP contribution in [0.25, 0.3) is 0 Å². The first-order valence-electron chi connectivity index (χ1n) is 9.56. The van der Waals surface area contributed by atoms with Crippen LogP contribution >= 0.6 is 11.3 Å². The zero-order chi connectivity index (χ0) is 19.4. The number of thiophene rings is 1. The van der Waals surface area contributed by atoms with E-state index in [9.17, 15) is 9.59 Å². The molecule has 1 amide bonds. The highest BCUT2D eigenvalue weighted by Gasteiger charge is 2.44. The largest absolute Gasteiger partial charge is 0.473 e. The van der Waals surface area contributed by atoms with Gasteiger partial charge in [-0.05, 0) is 54.3 Å². The van der Waals surface area contributed by atoms with Crippen molar-refractivity contribution in [1.29, 1.82) is 0 Å². The van der Waals surface area contributed by atoms with Gasteiger partial charge in [-0.15, -0.1) is 0 Å². The molecule has 1 aromatic carbocycles. The van der Waals surface area contributed by atoms with Crippen LogP contribution in [0.5, 0.6) is 0 Å². The number of hydrogen-bond acceptors (Lipinski definition) is 4. The number of hydrogen-bond donors (Lipinski definition) is 0. The van der Waals surface area contributed by atoms with Gasteiger partial charge in [0.05, 0.1) is 11.9 Å². The van der Waals surface area contributed by atoms with Crippen molar-refractivity contribution in [3.63, 3.8) is 0 Å². The van der Waals surface area contributed by atoms with Gasteiger partial charge in [-0.2, -0.15) is 11.3 Å². The maximum absolute atomic E-state index is 12.7. The molecule has 28 heavy (non-hydrogen) atoms. The summed E-state index contributed by atoms with van der Waals surface area (Å²) in [6, 6.07) is 10.3. The Kier molecular flexibility index (Phi) is 4.02. The molecule has 3 aliphatic rings. The van der Waals surface area contributed by atoms with Crippen LogP contribution in [-0.4, -0.2) is 17.9 Å². The van der Waals surface area contributed by atoms with Crippen LogP contribution in [0, 0.1) is 5.92 Å². The van der Waals surface area contributed by atoms with Gasteiger partial charge in [-0.3, -0.25) is 14.5 Å². The third-order valence-electron chi connectivity index (χ3n) is 6.35. The standard InChI is InChI=1S/C23H21NO3S/c1-13-14(2)23(24(22(13)26)16-7-8-28-12-16)27-11-20-18-9-15-5-3-4-6-17(15)19(18)10-21(20)25/h3-8,11-12,18-19,23H,9-10H2,1-2H3/b20-11+. The Hall–Kier alpha value is -2.66. The van der Waals surface area contributed by atoms with Gasteiger partial charge in [0.2, 0.25) is 6.23 Å². The Labute approximate surface area is 168 Å². The number of fused-ring (bicyclic) bond motifs is 3. The zero-order valence-corrected chi connectivity index (χ0v) is 16.7. The number of ether oxygens (including phenoxy) is 1. The van der Waals surface area contributed by atoms with Crippen molar-refractivity contribution >= 4 is 28.7 Å². The quantitative estimate of drug-likeness (QED) is 0.568. The number of nitrogens with zero attached hydrogens (tertiary/aromatic N) is 1. The molecular weight excluding hydrogens is 370 g/mol. The lowest BCUT2D eigenvalue weighted by molar-refractivity contribution is -0.115.